The van der Waals surface area contributed by atoms with Crippen molar-refractivity contribution in [2.75, 3.05) is 38.5 Å². The Morgan fingerprint density at radius 1 is 1.12 bits per heavy atom. The zero-order chi connectivity index (χ0) is 17.5. The van der Waals surface area contributed by atoms with E-state index >= 15 is 0 Å². The molecule has 2 aromatic rings. The Kier molecular flexibility index (Phi) is 6.93. The largest absolute Gasteiger partial charge is 0.386 e. The lowest BCUT2D eigenvalue weighted by molar-refractivity contribution is -0.132. The van der Waals surface area contributed by atoms with Gasteiger partial charge in [0.25, 0.3) is 0 Å². The Labute approximate surface area is 157 Å². The Bertz CT molecular complexity index is 641. The van der Waals surface area contributed by atoms with Gasteiger partial charge in [-0.3, -0.25) is 9.69 Å². The van der Waals surface area contributed by atoms with E-state index < -0.39 is 6.10 Å². The fourth-order valence-electron chi connectivity index (χ4n) is 2.93. The SMILES string of the molecule is O=C(CCSc1ccccc1)N1CCN(CC(O)c2cccs2)CC1. The number of thiophene rings is 1. The smallest absolute Gasteiger partial charge is 0.223 e. The van der Waals surface area contributed by atoms with Crippen molar-refractivity contribution in [2.24, 2.45) is 0 Å². The van der Waals surface area contributed by atoms with Crippen LogP contribution in [-0.4, -0.2) is 59.3 Å². The molecule has 4 nitrogen and oxygen atoms in total. The van der Waals surface area contributed by atoms with Crippen molar-refractivity contribution >= 4 is 29.0 Å². The molecule has 1 aromatic carbocycles. The van der Waals surface area contributed by atoms with Crippen molar-refractivity contribution in [1.82, 2.24) is 9.80 Å². The highest BCUT2D eigenvalue weighted by Gasteiger charge is 2.22. The molecule has 0 saturated carbocycles. The fourth-order valence-corrected chi connectivity index (χ4v) is 4.49. The van der Waals surface area contributed by atoms with Gasteiger partial charge in [-0.15, -0.1) is 23.1 Å². The summed E-state index contributed by atoms with van der Waals surface area (Å²) in [6.45, 7) is 3.82. The molecule has 1 N–H and O–H groups in total. The van der Waals surface area contributed by atoms with Crippen LogP contribution < -0.4 is 0 Å². The molecule has 1 unspecified atom stereocenters. The van der Waals surface area contributed by atoms with Gasteiger partial charge < -0.3 is 10.0 Å². The van der Waals surface area contributed by atoms with Gasteiger partial charge in [0, 0.05) is 54.7 Å². The molecule has 1 saturated heterocycles. The zero-order valence-electron chi connectivity index (χ0n) is 14.2. The molecule has 3 rings (SSSR count). The van der Waals surface area contributed by atoms with Crippen molar-refractivity contribution in [3.8, 4) is 0 Å². The molecule has 1 aromatic heterocycles. The number of β-amino-alcohol motifs (C(OH)–C–C–N with tert-alkyl or cyclic N) is 1. The quantitative estimate of drug-likeness (QED) is 0.754. The van der Waals surface area contributed by atoms with E-state index in [2.05, 4.69) is 17.0 Å². The highest BCUT2D eigenvalue weighted by Crippen LogP contribution is 2.21. The lowest BCUT2D eigenvalue weighted by Gasteiger charge is -2.35. The lowest BCUT2D eigenvalue weighted by atomic mass is 10.2. The summed E-state index contributed by atoms with van der Waals surface area (Å²) in [6, 6.07) is 14.1. The van der Waals surface area contributed by atoms with E-state index in [1.54, 1.807) is 23.1 Å². The number of aliphatic hydroxyl groups excluding tert-OH is 1. The first-order valence-electron chi connectivity index (χ1n) is 8.62. The van der Waals surface area contributed by atoms with E-state index in [4.69, 9.17) is 0 Å². The number of nitrogens with zero attached hydrogens (tertiary/aromatic N) is 2. The van der Waals surface area contributed by atoms with Gasteiger partial charge in [-0.2, -0.15) is 0 Å². The molecule has 134 valence electrons. The summed E-state index contributed by atoms with van der Waals surface area (Å²) in [5, 5.41) is 12.2. The number of piperazine rings is 1. The first-order chi connectivity index (χ1) is 12.2. The predicted molar refractivity (Wildman–Crippen MR) is 104 cm³/mol. The first-order valence-corrected chi connectivity index (χ1v) is 10.5. The molecular weight excluding hydrogens is 352 g/mol. The number of benzene rings is 1. The average Bonchev–Trinajstić information content (AvgIpc) is 3.18. The third kappa shape index (κ3) is 5.57. The summed E-state index contributed by atoms with van der Waals surface area (Å²) >= 11 is 3.32. The molecule has 1 fully saturated rings. The number of amides is 1. The number of carbonyl (C=O) groups excluding carboxylic acids is 1. The molecule has 0 spiro atoms. The highest BCUT2D eigenvalue weighted by molar-refractivity contribution is 7.99. The minimum absolute atomic E-state index is 0.238. The van der Waals surface area contributed by atoms with E-state index in [0.29, 0.717) is 13.0 Å². The standard InChI is InChI=1S/C19H24N2O2S2/c22-17(18-7-4-13-25-18)15-20-9-11-21(12-10-20)19(23)8-14-24-16-5-2-1-3-6-16/h1-7,13,17,22H,8-12,14-15H2. The molecule has 1 amide bonds. The molecule has 0 bridgehead atoms. The lowest BCUT2D eigenvalue weighted by Crippen LogP contribution is -2.49. The zero-order valence-corrected chi connectivity index (χ0v) is 15.8. The molecule has 1 aliphatic rings. The number of hydrogen-bond donors (Lipinski definition) is 1. The van der Waals surface area contributed by atoms with Crippen LogP contribution in [0.25, 0.3) is 0 Å². The Balaban J connectivity index is 1.36. The molecule has 25 heavy (non-hydrogen) atoms. The second kappa shape index (κ2) is 9.38. The molecule has 0 radical (unpaired) electrons. The van der Waals surface area contributed by atoms with Gasteiger partial charge in [0.1, 0.15) is 6.10 Å². The van der Waals surface area contributed by atoms with Crippen LogP contribution in [0, 0.1) is 0 Å². The van der Waals surface area contributed by atoms with Crippen molar-refractivity contribution in [2.45, 2.75) is 17.4 Å². The minimum atomic E-state index is -0.426. The van der Waals surface area contributed by atoms with Gasteiger partial charge in [0.15, 0.2) is 0 Å². The second-order valence-corrected chi connectivity index (χ2v) is 8.27. The van der Waals surface area contributed by atoms with E-state index in [-0.39, 0.29) is 5.91 Å². The Hall–Kier alpha value is -1.34. The Morgan fingerprint density at radius 2 is 1.88 bits per heavy atom. The van der Waals surface area contributed by atoms with Gasteiger partial charge in [-0.05, 0) is 23.6 Å². The van der Waals surface area contributed by atoms with Crippen molar-refractivity contribution in [3.05, 3.63) is 52.7 Å². The topological polar surface area (TPSA) is 43.8 Å². The number of aliphatic hydroxyl groups is 1. The summed E-state index contributed by atoms with van der Waals surface area (Å²) in [7, 11) is 0. The maximum Gasteiger partial charge on any atom is 0.223 e. The third-order valence-electron chi connectivity index (χ3n) is 4.36. The Morgan fingerprint density at radius 3 is 2.56 bits per heavy atom. The molecule has 6 heteroatoms. The number of carbonyl (C=O) groups is 1. The van der Waals surface area contributed by atoms with E-state index in [9.17, 15) is 9.90 Å². The van der Waals surface area contributed by atoms with Crippen molar-refractivity contribution < 1.29 is 9.90 Å². The van der Waals surface area contributed by atoms with Gasteiger partial charge in [-0.25, -0.2) is 0 Å². The van der Waals surface area contributed by atoms with Gasteiger partial charge in [-0.1, -0.05) is 24.3 Å². The fraction of sp³-hybridized carbons (Fsp3) is 0.421. The maximum atomic E-state index is 12.4. The highest BCUT2D eigenvalue weighted by atomic mass is 32.2. The van der Waals surface area contributed by atoms with Crippen LogP contribution in [-0.2, 0) is 4.79 Å². The van der Waals surface area contributed by atoms with Crippen molar-refractivity contribution in [3.63, 3.8) is 0 Å². The summed E-state index contributed by atoms with van der Waals surface area (Å²) in [4.78, 5) is 18.8. The van der Waals surface area contributed by atoms with Gasteiger partial charge in [0.05, 0.1) is 0 Å². The number of rotatable bonds is 7. The van der Waals surface area contributed by atoms with Gasteiger partial charge in [0.2, 0.25) is 5.91 Å². The summed E-state index contributed by atoms with van der Waals surface area (Å²) in [5.41, 5.74) is 0. The molecule has 1 atom stereocenters. The van der Waals surface area contributed by atoms with Crippen LogP contribution >= 0.6 is 23.1 Å². The van der Waals surface area contributed by atoms with Crippen LogP contribution in [0.5, 0.6) is 0 Å². The van der Waals surface area contributed by atoms with Crippen LogP contribution in [0.2, 0.25) is 0 Å². The minimum Gasteiger partial charge on any atom is -0.386 e. The van der Waals surface area contributed by atoms with E-state index in [1.165, 1.54) is 4.90 Å². The second-order valence-electron chi connectivity index (χ2n) is 6.12. The summed E-state index contributed by atoms with van der Waals surface area (Å²) < 4.78 is 0. The van der Waals surface area contributed by atoms with Gasteiger partial charge >= 0.3 is 0 Å². The monoisotopic (exact) mass is 376 g/mol. The molecule has 1 aliphatic heterocycles. The van der Waals surface area contributed by atoms with Crippen LogP contribution in [0.4, 0.5) is 0 Å². The number of hydrogen-bond acceptors (Lipinski definition) is 5. The first kappa shape index (κ1) is 18.5. The van der Waals surface area contributed by atoms with Crippen LogP contribution in [0.1, 0.15) is 17.4 Å². The predicted octanol–water partition coefficient (Wildman–Crippen LogP) is 3.11. The maximum absolute atomic E-state index is 12.4. The normalized spacial score (nSPS) is 16.8. The van der Waals surface area contributed by atoms with E-state index in [0.717, 1.165) is 36.8 Å². The number of thioether (sulfide) groups is 1. The molecular formula is C19H24N2O2S2. The van der Waals surface area contributed by atoms with Crippen molar-refractivity contribution in [1.29, 1.82) is 0 Å². The average molecular weight is 377 g/mol. The summed E-state index contributed by atoms with van der Waals surface area (Å²) in [6.07, 6.45) is 0.154. The molecule has 0 aliphatic carbocycles. The van der Waals surface area contributed by atoms with E-state index in [1.807, 2.05) is 40.6 Å². The summed E-state index contributed by atoms with van der Waals surface area (Å²) in [5.74, 6) is 1.06. The third-order valence-corrected chi connectivity index (χ3v) is 6.34. The molecule has 2 heterocycles. The van der Waals surface area contributed by atoms with Crippen LogP contribution in [0.3, 0.4) is 0 Å². The van der Waals surface area contributed by atoms with Crippen LogP contribution in [0.15, 0.2) is 52.7 Å².